The minimum atomic E-state index is -0.760. The van der Waals surface area contributed by atoms with E-state index in [1.165, 1.54) is 24.2 Å². The Morgan fingerprint density at radius 3 is 2.91 bits per heavy atom. The quantitative estimate of drug-likeness (QED) is 0.500. The van der Waals surface area contributed by atoms with Gasteiger partial charge < -0.3 is 24.6 Å². The van der Waals surface area contributed by atoms with Crippen molar-refractivity contribution in [1.82, 2.24) is 10.3 Å². The maximum absolute atomic E-state index is 12.7. The Labute approximate surface area is 202 Å². The van der Waals surface area contributed by atoms with Crippen molar-refractivity contribution >= 4 is 34.9 Å². The molecule has 2 heterocycles. The first-order valence-electron chi connectivity index (χ1n) is 11.2. The number of aliphatic hydroxyl groups is 1. The fourth-order valence-electron chi connectivity index (χ4n) is 3.51. The van der Waals surface area contributed by atoms with Crippen LogP contribution in [0.25, 0.3) is 6.08 Å². The third-order valence-corrected chi connectivity index (χ3v) is 7.06. The Balaban J connectivity index is 1.30. The topological polar surface area (TPSA) is 89.9 Å². The van der Waals surface area contributed by atoms with Gasteiger partial charge >= 0.3 is 0 Å². The van der Waals surface area contributed by atoms with Crippen LogP contribution in [0, 0.1) is 11.3 Å². The molecule has 1 aromatic heterocycles. The summed E-state index contributed by atoms with van der Waals surface area (Å²) in [6, 6.07) is 5.19. The summed E-state index contributed by atoms with van der Waals surface area (Å²) in [6.07, 6.45) is 9.01. The molecule has 4 rings (SSSR count). The van der Waals surface area contributed by atoms with Crippen molar-refractivity contribution < 1.29 is 24.1 Å². The number of nitrogens with zero attached hydrogens (tertiary/aromatic N) is 1. The van der Waals surface area contributed by atoms with Crippen molar-refractivity contribution in [3.05, 3.63) is 40.4 Å². The fourth-order valence-corrected chi connectivity index (χ4v) is 4.41. The van der Waals surface area contributed by atoms with E-state index in [1.807, 2.05) is 25.1 Å². The lowest BCUT2D eigenvalue weighted by Crippen LogP contribution is -2.49. The van der Waals surface area contributed by atoms with Gasteiger partial charge in [0.1, 0.15) is 11.5 Å². The van der Waals surface area contributed by atoms with Gasteiger partial charge in [-0.15, -0.1) is 0 Å². The van der Waals surface area contributed by atoms with Crippen molar-refractivity contribution in [1.29, 1.82) is 0 Å². The van der Waals surface area contributed by atoms with Crippen LogP contribution in [-0.4, -0.2) is 48.5 Å². The highest BCUT2D eigenvalue weighted by Gasteiger charge is 2.39. The molecule has 1 aliphatic carbocycles. The minimum Gasteiger partial charge on any atom is -0.493 e. The first-order valence-corrected chi connectivity index (χ1v) is 12.4. The Bertz CT molecular complexity index is 985. The van der Waals surface area contributed by atoms with Gasteiger partial charge in [0, 0.05) is 31.5 Å². The van der Waals surface area contributed by atoms with Crippen LogP contribution in [0.1, 0.15) is 37.5 Å². The molecular weight excluding hydrogens is 464 g/mol. The molecule has 33 heavy (non-hydrogen) atoms. The lowest BCUT2D eigenvalue weighted by molar-refractivity contribution is -0.140. The van der Waals surface area contributed by atoms with E-state index in [0.29, 0.717) is 47.9 Å². The summed E-state index contributed by atoms with van der Waals surface area (Å²) in [5, 5.41) is 13.7. The van der Waals surface area contributed by atoms with E-state index < -0.39 is 5.41 Å². The van der Waals surface area contributed by atoms with E-state index in [-0.39, 0.29) is 18.6 Å². The molecule has 7 nitrogen and oxygen atoms in total. The number of aliphatic hydroxyl groups excluding tert-OH is 1. The van der Waals surface area contributed by atoms with E-state index in [2.05, 4.69) is 10.3 Å². The summed E-state index contributed by atoms with van der Waals surface area (Å²) >= 11 is 7.72. The predicted molar refractivity (Wildman–Crippen MR) is 128 cm³/mol. The van der Waals surface area contributed by atoms with Gasteiger partial charge in [-0.1, -0.05) is 29.0 Å². The minimum absolute atomic E-state index is 0.141. The number of aromatic nitrogens is 1. The zero-order chi connectivity index (χ0) is 23.3. The standard InChI is InChI=1S/C24H29ClN2O5S/c1-16(27-22(29)24(15-28)8-10-30-11-9-24)2-6-19-13-26-23(33-19)32-21-7-5-18(12-20(21)25)31-14-17-3-4-17/h2,5-7,12-13,16-17,28H,3-4,8-11,14-15H2,1H3,(H,27,29)/t16-/m0/s1. The second-order valence-electron chi connectivity index (χ2n) is 8.65. The molecule has 0 spiro atoms. The molecule has 0 unspecified atom stereocenters. The highest BCUT2D eigenvalue weighted by atomic mass is 35.5. The van der Waals surface area contributed by atoms with Crippen LogP contribution >= 0.6 is 22.9 Å². The molecule has 1 saturated carbocycles. The first-order chi connectivity index (χ1) is 16.0. The number of nitrogens with one attached hydrogen (secondary N) is 1. The fraction of sp³-hybridized carbons (Fsp3) is 0.500. The summed E-state index contributed by atoms with van der Waals surface area (Å²) in [7, 11) is 0. The summed E-state index contributed by atoms with van der Waals surface area (Å²) in [4.78, 5) is 17.9. The molecule has 0 radical (unpaired) electrons. The van der Waals surface area contributed by atoms with Crippen molar-refractivity contribution in [3.8, 4) is 16.7 Å². The van der Waals surface area contributed by atoms with Crippen molar-refractivity contribution in [3.63, 3.8) is 0 Å². The van der Waals surface area contributed by atoms with Crippen LogP contribution in [0.5, 0.6) is 16.7 Å². The van der Waals surface area contributed by atoms with Gasteiger partial charge in [-0.3, -0.25) is 4.79 Å². The summed E-state index contributed by atoms with van der Waals surface area (Å²) in [6.45, 7) is 3.42. The average Bonchev–Trinajstić information content (AvgIpc) is 3.55. The van der Waals surface area contributed by atoms with Crippen LogP contribution in [0.3, 0.4) is 0 Å². The molecule has 178 valence electrons. The van der Waals surface area contributed by atoms with Gasteiger partial charge in [-0.2, -0.15) is 0 Å². The number of hydrogen-bond acceptors (Lipinski definition) is 7. The van der Waals surface area contributed by atoms with Crippen LogP contribution in [0.15, 0.2) is 30.5 Å². The molecule has 1 atom stereocenters. The van der Waals surface area contributed by atoms with Gasteiger partial charge in [-0.25, -0.2) is 4.98 Å². The number of amides is 1. The van der Waals surface area contributed by atoms with Gasteiger partial charge in [0.05, 0.1) is 28.5 Å². The number of carbonyl (C=O) groups excluding carboxylic acids is 1. The maximum atomic E-state index is 12.7. The number of rotatable bonds is 10. The molecule has 1 aromatic carbocycles. The molecule has 2 aromatic rings. The second-order valence-corrected chi connectivity index (χ2v) is 10.1. The number of hydrogen-bond donors (Lipinski definition) is 2. The number of carbonyl (C=O) groups is 1. The maximum Gasteiger partial charge on any atom is 0.279 e. The van der Waals surface area contributed by atoms with Crippen LogP contribution in [0.2, 0.25) is 5.02 Å². The van der Waals surface area contributed by atoms with Gasteiger partial charge in [0.25, 0.3) is 5.19 Å². The average molecular weight is 493 g/mol. The molecule has 9 heteroatoms. The molecule has 2 aliphatic rings. The van der Waals surface area contributed by atoms with Crippen LogP contribution in [-0.2, 0) is 9.53 Å². The first kappa shape index (κ1) is 24.0. The van der Waals surface area contributed by atoms with Crippen molar-refractivity contribution in [2.45, 2.75) is 38.6 Å². The van der Waals surface area contributed by atoms with E-state index in [0.717, 1.165) is 17.2 Å². The molecular formula is C24H29ClN2O5S. The SMILES string of the molecule is C[C@@H](C=Cc1cnc(Oc2ccc(OCC3CC3)cc2Cl)s1)NC(=O)C1(CO)CCOCC1. The summed E-state index contributed by atoms with van der Waals surface area (Å²) < 4.78 is 16.9. The number of halogens is 1. The second kappa shape index (κ2) is 10.9. The Morgan fingerprint density at radius 2 is 2.21 bits per heavy atom. The van der Waals surface area contributed by atoms with E-state index in [9.17, 15) is 9.90 Å². The van der Waals surface area contributed by atoms with Gasteiger partial charge in [0.15, 0.2) is 0 Å². The predicted octanol–water partition coefficient (Wildman–Crippen LogP) is 4.68. The number of benzene rings is 1. The molecule has 1 aliphatic heterocycles. The highest BCUT2D eigenvalue weighted by molar-refractivity contribution is 7.14. The Kier molecular flexibility index (Phi) is 7.90. The summed E-state index contributed by atoms with van der Waals surface area (Å²) in [5.74, 6) is 1.79. The van der Waals surface area contributed by atoms with E-state index in [1.54, 1.807) is 18.3 Å². The Morgan fingerprint density at radius 1 is 1.42 bits per heavy atom. The lowest BCUT2D eigenvalue weighted by Gasteiger charge is -2.34. The summed E-state index contributed by atoms with van der Waals surface area (Å²) in [5.41, 5.74) is -0.760. The van der Waals surface area contributed by atoms with Crippen molar-refractivity contribution in [2.24, 2.45) is 11.3 Å². The van der Waals surface area contributed by atoms with Crippen LogP contribution in [0.4, 0.5) is 0 Å². The molecule has 2 fully saturated rings. The third-order valence-electron chi connectivity index (χ3n) is 5.93. The largest absolute Gasteiger partial charge is 0.493 e. The highest BCUT2D eigenvalue weighted by Crippen LogP contribution is 2.36. The smallest absolute Gasteiger partial charge is 0.279 e. The van der Waals surface area contributed by atoms with Crippen molar-refractivity contribution in [2.75, 3.05) is 26.4 Å². The number of ether oxygens (including phenoxy) is 3. The number of thiazole rings is 1. The zero-order valence-corrected chi connectivity index (χ0v) is 20.2. The van der Waals surface area contributed by atoms with E-state index >= 15 is 0 Å². The third kappa shape index (κ3) is 6.47. The van der Waals surface area contributed by atoms with Gasteiger partial charge in [-0.05, 0) is 56.7 Å². The molecule has 1 amide bonds. The normalized spacial score (nSPS) is 18.8. The lowest BCUT2D eigenvalue weighted by atomic mass is 9.80. The van der Waals surface area contributed by atoms with Gasteiger partial charge in [0.2, 0.25) is 5.91 Å². The molecule has 1 saturated heterocycles. The van der Waals surface area contributed by atoms with Crippen LogP contribution < -0.4 is 14.8 Å². The Hall–Kier alpha value is -2.13. The van der Waals surface area contributed by atoms with E-state index in [4.69, 9.17) is 25.8 Å². The monoisotopic (exact) mass is 492 g/mol. The molecule has 0 bridgehead atoms. The molecule has 2 N–H and O–H groups in total. The zero-order valence-electron chi connectivity index (χ0n) is 18.6.